The summed E-state index contributed by atoms with van der Waals surface area (Å²) in [6, 6.07) is 9.28. The van der Waals surface area contributed by atoms with E-state index < -0.39 is 15.9 Å². The standard InChI is InChI=1S/C24H27BrFN3O4S/c1-2-22(30)29-11-9-17-12-19(25)13-21(23(17)29)34(32,33)28-10-3-4-18(15-28)24(31)27-14-16-5-7-20(26)8-6-16/h5-8,12-13,18H,2-4,9-11,14-15H2,1H3,(H,27,31)/t18-/m0/s1. The molecule has 0 unspecified atom stereocenters. The normalized spacial score (nSPS) is 18.6. The van der Waals surface area contributed by atoms with Crippen LogP contribution in [-0.2, 0) is 32.6 Å². The summed E-state index contributed by atoms with van der Waals surface area (Å²) >= 11 is 3.41. The predicted octanol–water partition coefficient (Wildman–Crippen LogP) is 3.60. The van der Waals surface area contributed by atoms with Gasteiger partial charge in [-0.15, -0.1) is 0 Å². The van der Waals surface area contributed by atoms with E-state index in [9.17, 15) is 22.4 Å². The second-order valence-electron chi connectivity index (χ2n) is 8.61. The summed E-state index contributed by atoms with van der Waals surface area (Å²) in [5.41, 5.74) is 2.04. The van der Waals surface area contributed by atoms with E-state index in [1.165, 1.54) is 16.4 Å². The highest BCUT2D eigenvalue weighted by Crippen LogP contribution is 2.39. The molecule has 7 nitrogen and oxygen atoms in total. The smallest absolute Gasteiger partial charge is 0.245 e. The fourth-order valence-corrected chi connectivity index (χ4v) is 7.00. The molecule has 1 N–H and O–H groups in total. The molecule has 182 valence electrons. The molecule has 2 aliphatic heterocycles. The van der Waals surface area contributed by atoms with E-state index in [-0.39, 0.29) is 42.0 Å². The highest BCUT2D eigenvalue weighted by molar-refractivity contribution is 9.10. The summed E-state index contributed by atoms with van der Waals surface area (Å²) in [7, 11) is -3.93. The van der Waals surface area contributed by atoms with Crippen LogP contribution in [0.1, 0.15) is 37.3 Å². The van der Waals surface area contributed by atoms with Gasteiger partial charge in [-0.3, -0.25) is 9.59 Å². The average molecular weight is 552 g/mol. The average Bonchev–Trinajstić information content (AvgIpc) is 3.26. The van der Waals surface area contributed by atoms with Gasteiger partial charge in [0.15, 0.2) is 0 Å². The van der Waals surface area contributed by atoms with E-state index in [0.717, 1.165) is 11.1 Å². The third-order valence-corrected chi connectivity index (χ3v) is 8.69. The molecule has 0 radical (unpaired) electrons. The van der Waals surface area contributed by atoms with Crippen LogP contribution in [0.25, 0.3) is 0 Å². The Balaban J connectivity index is 1.53. The van der Waals surface area contributed by atoms with E-state index in [0.29, 0.717) is 42.5 Å². The number of halogens is 2. The number of hydrogen-bond donors (Lipinski definition) is 1. The summed E-state index contributed by atoms with van der Waals surface area (Å²) < 4.78 is 42.6. The maximum atomic E-state index is 13.7. The van der Waals surface area contributed by atoms with Crippen LogP contribution in [0.15, 0.2) is 45.8 Å². The van der Waals surface area contributed by atoms with Gasteiger partial charge in [0.1, 0.15) is 10.7 Å². The lowest BCUT2D eigenvalue weighted by Crippen LogP contribution is -2.45. The van der Waals surface area contributed by atoms with Crippen LogP contribution >= 0.6 is 15.9 Å². The molecule has 0 aromatic heterocycles. The Kier molecular flexibility index (Phi) is 7.39. The monoisotopic (exact) mass is 551 g/mol. The summed E-state index contributed by atoms with van der Waals surface area (Å²) in [5.74, 6) is -1.18. The Morgan fingerprint density at radius 3 is 2.62 bits per heavy atom. The Labute approximate surface area is 207 Å². The lowest BCUT2D eigenvalue weighted by molar-refractivity contribution is -0.126. The van der Waals surface area contributed by atoms with Crippen molar-refractivity contribution in [2.45, 2.75) is 44.0 Å². The van der Waals surface area contributed by atoms with Gasteiger partial charge in [0.25, 0.3) is 0 Å². The number of nitrogens with one attached hydrogen (secondary N) is 1. The highest BCUT2D eigenvalue weighted by Gasteiger charge is 2.38. The molecular formula is C24H27BrFN3O4S. The van der Waals surface area contributed by atoms with E-state index in [1.807, 2.05) is 6.07 Å². The number of sulfonamides is 1. The van der Waals surface area contributed by atoms with Crippen molar-refractivity contribution >= 4 is 43.5 Å². The van der Waals surface area contributed by atoms with Crippen LogP contribution in [-0.4, -0.2) is 44.2 Å². The Morgan fingerprint density at radius 1 is 1.18 bits per heavy atom. The first-order chi connectivity index (χ1) is 16.2. The lowest BCUT2D eigenvalue weighted by atomic mass is 9.99. The molecule has 0 aliphatic carbocycles. The lowest BCUT2D eigenvalue weighted by Gasteiger charge is -2.32. The molecule has 10 heteroatoms. The van der Waals surface area contributed by atoms with Crippen molar-refractivity contribution in [1.29, 1.82) is 0 Å². The van der Waals surface area contributed by atoms with Gasteiger partial charge in [0.2, 0.25) is 21.8 Å². The fourth-order valence-electron chi connectivity index (χ4n) is 4.56. The van der Waals surface area contributed by atoms with Crippen molar-refractivity contribution in [2.24, 2.45) is 5.92 Å². The van der Waals surface area contributed by atoms with E-state index in [2.05, 4.69) is 21.2 Å². The Bertz CT molecular complexity index is 1200. The van der Waals surface area contributed by atoms with Gasteiger partial charge >= 0.3 is 0 Å². The van der Waals surface area contributed by atoms with Crippen LogP contribution in [0.4, 0.5) is 10.1 Å². The molecule has 2 aromatic carbocycles. The molecule has 1 saturated heterocycles. The molecule has 2 amide bonds. The van der Waals surface area contributed by atoms with E-state index >= 15 is 0 Å². The molecule has 2 heterocycles. The minimum atomic E-state index is -3.93. The number of piperidine rings is 1. The maximum absolute atomic E-state index is 13.7. The number of carbonyl (C=O) groups excluding carboxylic acids is 2. The van der Waals surface area contributed by atoms with Gasteiger partial charge in [-0.05, 0) is 54.7 Å². The van der Waals surface area contributed by atoms with Crippen LogP contribution in [0, 0.1) is 11.7 Å². The number of benzene rings is 2. The van der Waals surface area contributed by atoms with Crippen molar-refractivity contribution in [3.8, 4) is 0 Å². The fraction of sp³-hybridized carbons (Fsp3) is 0.417. The van der Waals surface area contributed by atoms with Crippen molar-refractivity contribution in [1.82, 2.24) is 9.62 Å². The third kappa shape index (κ3) is 5.04. The van der Waals surface area contributed by atoms with Gasteiger partial charge in [-0.1, -0.05) is 35.0 Å². The molecule has 0 saturated carbocycles. The molecule has 0 bridgehead atoms. The number of carbonyl (C=O) groups is 2. The zero-order valence-electron chi connectivity index (χ0n) is 18.9. The van der Waals surface area contributed by atoms with E-state index in [4.69, 9.17) is 0 Å². The minimum Gasteiger partial charge on any atom is -0.352 e. The molecule has 2 aromatic rings. The van der Waals surface area contributed by atoms with Crippen LogP contribution in [0.3, 0.4) is 0 Å². The first kappa shape index (κ1) is 24.8. The number of rotatable bonds is 6. The second-order valence-corrected chi connectivity index (χ2v) is 11.4. The van der Waals surface area contributed by atoms with Gasteiger partial charge in [-0.2, -0.15) is 4.31 Å². The molecule has 34 heavy (non-hydrogen) atoms. The molecule has 2 aliphatic rings. The summed E-state index contributed by atoms with van der Waals surface area (Å²) in [6.45, 7) is 2.84. The van der Waals surface area contributed by atoms with Gasteiger partial charge in [0, 0.05) is 37.1 Å². The molecule has 1 atom stereocenters. The molecule has 1 fully saturated rings. The van der Waals surface area contributed by atoms with Crippen LogP contribution < -0.4 is 10.2 Å². The number of fused-ring (bicyclic) bond motifs is 1. The highest BCUT2D eigenvalue weighted by atomic mass is 79.9. The molecule has 0 spiro atoms. The Morgan fingerprint density at radius 2 is 1.91 bits per heavy atom. The van der Waals surface area contributed by atoms with Crippen LogP contribution in [0.5, 0.6) is 0 Å². The number of nitrogens with zero attached hydrogens (tertiary/aromatic N) is 2. The molecule has 4 rings (SSSR count). The van der Waals surface area contributed by atoms with Crippen LogP contribution in [0.2, 0.25) is 0 Å². The number of anilines is 1. The minimum absolute atomic E-state index is 0.0700. The van der Waals surface area contributed by atoms with Gasteiger partial charge < -0.3 is 10.2 Å². The van der Waals surface area contributed by atoms with Crippen molar-refractivity contribution in [3.63, 3.8) is 0 Å². The number of hydrogen-bond acceptors (Lipinski definition) is 4. The van der Waals surface area contributed by atoms with Gasteiger partial charge in [-0.25, -0.2) is 12.8 Å². The third-order valence-electron chi connectivity index (χ3n) is 6.35. The largest absolute Gasteiger partial charge is 0.352 e. The Hall–Kier alpha value is -2.30. The topological polar surface area (TPSA) is 86.8 Å². The zero-order chi connectivity index (χ0) is 24.5. The van der Waals surface area contributed by atoms with Crippen molar-refractivity contribution in [2.75, 3.05) is 24.5 Å². The van der Waals surface area contributed by atoms with Crippen molar-refractivity contribution < 1.29 is 22.4 Å². The van der Waals surface area contributed by atoms with Gasteiger partial charge in [0.05, 0.1) is 11.6 Å². The first-order valence-electron chi connectivity index (χ1n) is 11.4. The predicted molar refractivity (Wildman–Crippen MR) is 130 cm³/mol. The quantitative estimate of drug-likeness (QED) is 0.594. The number of amides is 2. The molecular weight excluding hydrogens is 525 g/mol. The second kappa shape index (κ2) is 10.1. The zero-order valence-corrected chi connectivity index (χ0v) is 21.3. The van der Waals surface area contributed by atoms with E-state index in [1.54, 1.807) is 30.0 Å². The SMILES string of the molecule is CCC(=O)N1CCc2cc(Br)cc(S(=O)(=O)N3CCC[C@H](C(=O)NCc4ccc(F)cc4)C3)c21. The summed E-state index contributed by atoms with van der Waals surface area (Å²) in [5, 5.41) is 2.84. The van der Waals surface area contributed by atoms with Crippen molar-refractivity contribution in [3.05, 3.63) is 57.8 Å². The summed E-state index contributed by atoms with van der Waals surface area (Å²) in [6.07, 6.45) is 2.02. The maximum Gasteiger partial charge on any atom is 0.245 e. The first-order valence-corrected chi connectivity index (χ1v) is 13.6. The summed E-state index contributed by atoms with van der Waals surface area (Å²) in [4.78, 5) is 27.0.